The minimum absolute atomic E-state index is 0.195. The summed E-state index contributed by atoms with van der Waals surface area (Å²) < 4.78 is 0. The summed E-state index contributed by atoms with van der Waals surface area (Å²) in [5.41, 5.74) is 1.05. The van der Waals surface area contributed by atoms with Gasteiger partial charge in [0.1, 0.15) is 0 Å². The molecule has 1 aromatic heterocycles. The molecule has 2 rings (SSSR count). The Morgan fingerprint density at radius 1 is 1.39 bits per heavy atom. The van der Waals surface area contributed by atoms with Gasteiger partial charge in [0.25, 0.3) is 0 Å². The number of carbonyl (C=O) groups is 1. The van der Waals surface area contributed by atoms with Gasteiger partial charge in [0.2, 0.25) is 5.91 Å². The summed E-state index contributed by atoms with van der Waals surface area (Å²) in [7, 11) is 1.89. The number of carbonyl (C=O) groups excluding carboxylic acids is 1. The molecule has 0 bridgehead atoms. The molecule has 98 valence electrons. The van der Waals surface area contributed by atoms with Gasteiger partial charge in [-0.25, -0.2) is 9.97 Å². The molecule has 1 amide bonds. The van der Waals surface area contributed by atoms with Crippen LogP contribution in [0.5, 0.6) is 0 Å². The Bertz CT molecular complexity index is 390. The average molecular weight is 266 g/mol. The standard InChI is InChI=1S/C12H18N4OS/c1-13-6-10-7-14-12(15-8-10)18-9-11(17)16-4-2-3-5-16/h7-8,13H,2-6,9H2,1H3. The number of nitrogens with zero attached hydrogens (tertiary/aromatic N) is 3. The Labute approximate surface area is 111 Å². The molecule has 0 radical (unpaired) electrons. The molecule has 1 fully saturated rings. The molecule has 0 saturated carbocycles. The van der Waals surface area contributed by atoms with Crippen LogP contribution in [-0.2, 0) is 11.3 Å². The minimum Gasteiger partial charge on any atom is -0.342 e. The molecule has 1 aliphatic rings. The fraction of sp³-hybridized carbons (Fsp3) is 0.583. The molecule has 5 nitrogen and oxygen atoms in total. The third-order valence-electron chi connectivity index (χ3n) is 2.85. The summed E-state index contributed by atoms with van der Waals surface area (Å²) >= 11 is 1.41. The lowest BCUT2D eigenvalue weighted by atomic mass is 10.3. The molecular formula is C12H18N4OS. The molecule has 2 heterocycles. The second-order valence-electron chi connectivity index (χ2n) is 4.28. The summed E-state index contributed by atoms with van der Waals surface area (Å²) in [6.07, 6.45) is 5.86. The van der Waals surface area contributed by atoms with Crippen molar-refractivity contribution in [2.45, 2.75) is 24.5 Å². The van der Waals surface area contributed by atoms with Gasteiger partial charge in [-0.3, -0.25) is 4.79 Å². The minimum atomic E-state index is 0.195. The topological polar surface area (TPSA) is 58.1 Å². The number of rotatable bonds is 5. The molecule has 0 unspecified atom stereocenters. The third kappa shape index (κ3) is 3.68. The number of nitrogens with one attached hydrogen (secondary N) is 1. The van der Waals surface area contributed by atoms with Crippen LogP contribution in [-0.4, -0.2) is 46.7 Å². The summed E-state index contributed by atoms with van der Waals surface area (Å²) in [5.74, 6) is 0.631. The van der Waals surface area contributed by atoms with Crippen LogP contribution >= 0.6 is 11.8 Å². The maximum Gasteiger partial charge on any atom is 0.233 e. The van der Waals surface area contributed by atoms with Gasteiger partial charge < -0.3 is 10.2 Å². The van der Waals surface area contributed by atoms with E-state index < -0.39 is 0 Å². The molecule has 6 heteroatoms. The number of aromatic nitrogens is 2. The highest BCUT2D eigenvalue weighted by Crippen LogP contribution is 2.15. The highest BCUT2D eigenvalue weighted by molar-refractivity contribution is 7.99. The van der Waals surface area contributed by atoms with Crippen molar-refractivity contribution in [3.63, 3.8) is 0 Å². The van der Waals surface area contributed by atoms with E-state index in [-0.39, 0.29) is 5.91 Å². The first-order valence-corrected chi connectivity index (χ1v) is 7.14. The normalized spacial score (nSPS) is 15.1. The van der Waals surface area contributed by atoms with Crippen molar-refractivity contribution in [3.05, 3.63) is 18.0 Å². The number of hydrogen-bond donors (Lipinski definition) is 1. The molecule has 0 atom stereocenters. The van der Waals surface area contributed by atoms with E-state index in [0.29, 0.717) is 10.9 Å². The van der Waals surface area contributed by atoms with Crippen molar-refractivity contribution in [1.82, 2.24) is 20.2 Å². The van der Waals surface area contributed by atoms with Gasteiger partial charge in [-0.15, -0.1) is 0 Å². The molecule has 1 aromatic rings. The first-order chi connectivity index (χ1) is 8.79. The maximum atomic E-state index is 11.8. The van der Waals surface area contributed by atoms with Gasteiger partial charge in [-0.2, -0.15) is 0 Å². The predicted molar refractivity (Wildman–Crippen MR) is 71.3 cm³/mol. The summed E-state index contributed by atoms with van der Waals surface area (Å²) in [6, 6.07) is 0. The van der Waals surface area contributed by atoms with E-state index >= 15 is 0 Å². The second-order valence-corrected chi connectivity index (χ2v) is 5.22. The molecule has 1 N–H and O–H groups in total. The Morgan fingerprint density at radius 3 is 2.67 bits per heavy atom. The first-order valence-electron chi connectivity index (χ1n) is 6.15. The molecular weight excluding hydrogens is 248 g/mol. The SMILES string of the molecule is CNCc1cnc(SCC(=O)N2CCCC2)nc1. The zero-order valence-electron chi connectivity index (χ0n) is 10.6. The quantitative estimate of drug-likeness (QED) is 0.634. The van der Waals surface area contributed by atoms with Gasteiger partial charge in [-0.05, 0) is 19.9 Å². The summed E-state index contributed by atoms with van der Waals surface area (Å²) in [5, 5.41) is 3.71. The van der Waals surface area contributed by atoms with Crippen LogP contribution < -0.4 is 5.32 Å². The number of hydrogen-bond acceptors (Lipinski definition) is 5. The van der Waals surface area contributed by atoms with Crippen molar-refractivity contribution < 1.29 is 4.79 Å². The highest BCUT2D eigenvalue weighted by Gasteiger charge is 2.17. The fourth-order valence-electron chi connectivity index (χ4n) is 1.90. The van der Waals surface area contributed by atoms with Crippen LogP contribution in [0.4, 0.5) is 0 Å². The van der Waals surface area contributed by atoms with Gasteiger partial charge in [0, 0.05) is 37.6 Å². The highest BCUT2D eigenvalue weighted by atomic mass is 32.2. The van der Waals surface area contributed by atoms with Crippen LogP contribution in [0.25, 0.3) is 0 Å². The van der Waals surface area contributed by atoms with Gasteiger partial charge in [0.05, 0.1) is 5.75 Å². The average Bonchev–Trinajstić information content (AvgIpc) is 2.92. The van der Waals surface area contributed by atoms with E-state index in [1.165, 1.54) is 11.8 Å². The first kappa shape index (κ1) is 13.3. The molecule has 0 aromatic carbocycles. The Hall–Kier alpha value is -1.14. The Morgan fingerprint density at radius 2 is 2.06 bits per heavy atom. The Balaban J connectivity index is 1.80. The smallest absolute Gasteiger partial charge is 0.233 e. The van der Waals surface area contributed by atoms with Gasteiger partial charge in [0.15, 0.2) is 5.16 Å². The van der Waals surface area contributed by atoms with E-state index in [1.807, 2.05) is 11.9 Å². The monoisotopic (exact) mass is 266 g/mol. The zero-order chi connectivity index (χ0) is 12.8. The van der Waals surface area contributed by atoms with Crippen LogP contribution in [0, 0.1) is 0 Å². The van der Waals surface area contributed by atoms with Crippen LogP contribution in [0.3, 0.4) is 0 Å². The molecule has 0 spiro atoms. The number of thioether (sulfide) groups is 1. The third-order valence-corrected chi connectivity index (χ3v) is 3.71. The number of amides is 1. The predicted octanol–water partition coefficient (Wildman–Crippen LogP) is 0.910. The van der Waals surface area contributed by atoms with Crippen LogP contribution in [0.1, 0.15) is 18.4 Å². The van der Waals surface area contributed by atoms with Crippen LogP contribution in [0.15, 0.2) is 17.6 Å². The zero-order valence-corrected chi connectivity index (χ0v) is 11.4. The van der Waals surface area contributed by atoms with Gasteiger partial charge in [-0.1, -0.05) is 11.8 Å². The second kappa shape index (κ2) is 6.70. The van der Waals surface area contributed by atoms with Crippen LogP contribution in [0.2, 0.25) is 0 Å². The number of likely N-dealkylation sites (tertiary alicyclic amines) is 1. The summed E-state index contributed by atoms with van der Waals surface area (Å²) in [6.45, 7) is 2.57. The molecule has 1 saturated heterocycles. The fourth-order valence-corrected chi connectivity index (χ4v) is 2.59. The van der Waals surface area contributed by atoms with E-state index in [0.717, 1.165) is 38.0 Å². The maximum absolute atomic E-state index is 11.8. The molecule has 1 aliphatic heterocycles. The van der Waals surface area contributed by atoms with E-state index in [1.54, 1.807) is 12.4 Å². The summed E-state index contributed by atoms with van der Waals surface area (Å²) in [4.78, 5) is 22.2. The van der Waals surface area contributed by atoms with Crippen molar-refractivity contribution in [1.29, 1.82) is 0 Å². The lowest BCUT2D eigenvalue weighted by Crippen LogP contribution is -2.29. The van der Waals surface area contributed by atoms with Crippen molar-refractivity contribution >= 4 is 17.7 Å². The largest absolute Gasteiger partial charge is 0.342 e. The Kier molecular flexibility index (Phi) is 4.95. The van der Waals surface area contributed by atoms with Crippen molar-refractivity contribution in [3.8, 4) is 0 Å². The van der Waals surface area contributed by atoms with E-state index in [9.17, 15) is 4.79 Å². The molecule has 18 heavy (non-hydrogen) atoms. The lowest BCUT2D eigenvalue weighted by Gasteiger charge is -2.14. The van der Waals surface area contributed by atoms with Crippen molar-refractivity contribution in [2.24, 2.45) is 0 Å². The van der Waals surface area contributed by atoms with E-state index in [4.69, 9.17) is 0 Å². The van der Waals surface area contributed by atoms with E-state index in [2.05, 4.69) is 15.3 Å². The molecule has 0 aliphatic carbocycles. The lowest BCUT2D eigenvalue weighted by molar-refractivity contribution is -0.127. The van der Waals surface area contributed by atoms with Gasteiger partial charge >= 0.3 is 0 Å². The van der Waals surface area contributed by atoms with Crippen molar-refractivity contribution in [2.75, 3.05) is 25.9 Å².